The number of benzene rings is 3. The zero-order chi connectivity index (χ0) is 20.8. The molecular formula is C22H18F3N3O. The second-order valence-electron chi connectivity index (χ2n) is 6.85. The lowest BCUT2D eigenvalue weighted by atomic mass is 10.0. The Morgan fingerprint density at radius 1 is 0.828 bits per heavy atom. The van der Waals surface area contributed by atoms with E-state index in [9.17, 15) is 13.2 Å². The molecule has 0 aliphatic rings. The van der Waals surface area contributed by atoms with Gasteiger partial charge < -0.3 is 9.64 Å². The van der Waals surface area contributed by atoms with Gasteiger partial charge >= 0.3 is 6.18 Å². The van der Waals surface area contributed by atoms with Crippen LogP contribution in [0.5, 0.6) is 5.75 Å². The Balaban J connectivity index is 2.07. The van der Waals surface area contributed by atoms with Crippen LogP contribution in [0, 0.1) is 0 Å². The van der Waals surface area contributed by atoms with Crippen LogP contribution in [0.4, 0.5) is 18.9 Å². The van der Waals surface area contributed by atoms with E-state index in [2.05, 4.69) is 9.97 Å². The lowest BCUT2D eigenvalue weighted by Crippen LogP contribution is -2.12. The number of halogens is 3. The van der Waals surface area contributed by atoms with Crippen molar-refractivity contribution in [1.29, 1.82) is 0 Å². The first kappa shape index (κ1) is 19.0. The van der Waals surface area contributed by atoms with E-state index in [1.165, 1.54) is 13.2 Å². The number of ether oxygens (including phenoxy) is 1. The van der Waals surface area contributed by atoms with Crippen molar-refractivity contribution >= 4 is 27.4 Å². The number of nitrogens with zero attached hydrogens (tertiary/aromatic N) is 3. The van der Waals surface area contributed by atoms with Gasteiger partial charge in [0.15, 0.2) is 11.5 Å². The molecule has 148 valence electrons. The highest BCUT2D eigenvalue weighted by Crippen LogP contribution is 2.38. The van der Waals surface area contributed by atoms with Crippen molar-refractivity contribution in [2.45, 2.75) is 6.18 Å². The number of alkyl halides is 3. The maximum absolute atomic E-state index is 13.8. The first-order valence-electron chi connectivity index (χ1n) is 8.92. The summed E-state index contributed by atoms with van der Waals surface area (Å²) in [4.78, 5) is 10.3. The Morgan fingerprint density at radius 3 is 2.14 bits per heavy atom. The third-order valence-electron chi connectivity index (χ3n) is 4.80. The molecule has 7 heteroatoms. The third-order valence-corrected chi connectivity index (χ3v) is 4.80. The molecule has 0 unspecified atom stereocenters. The fourth-order valence-electron chi connectivity index (χ4n) is 3.41. The van der Waals surface area contributed by atoms with E-state index < -0.39 is 11.9 Å². The average Bonchev–Trinajstić information content (AvgIpc) is 2.71. The van der Waals surface area contributed by atoms with Crippen LogP contribution < -0.4 is 9.64 Å². The summed E-state index contributed by atoms with van der Waals surface area (Å²) in [5, 5.41) is 1.46. The quantitative estimate of drug-likeness (QED) is 0.425. The minimum absolute atomic E-state index is 0.0156. The number of anilines is 1. The monoisotopic (exact) mass is 397 g/mol. The van der Waals surface area contributed by atoms with Crippen LogP contribution in [0.2, 0.25) is 0 Å². The Bertz CT molecular complexity index is 1200. The van der Waals surface area contributed by atoms with Gasteiger partial charge in [-0.1, -0.05) is 18.2 Å². The summed E-state index contributed by atoms with van der Waals surface area (Å²) in [5.74, 6) is 0.627. The van der Waals surface area contributed by atoms with Crippen LogP contribution in [0.3, 0.4) is 0 Å². The van der Waals surface area contributed by atoms with Crippen LogP contribution in [0.15, 0.2) is 54.6 Å². The molecule has 0 aliphatic heterocycles. The predicted octanol–water partition coefficient (Wildman–Crippen LogP) is 5.54. The third kappa shape index (κ3) is 3.33. The van der Waals surface area contributed by atoms with Gasteiger partial charge in [-0.2, -0.15) is 13.2 Å². The highest BCUT2D eigenvalue weighted by molar-refractivity contribution is 6.10. The summed E-state index contributed by atoms with van der Waals surface area (Å²) in [6.07, 6.45) is -4.60. The van der Waals surface area contributed by atoms with E-state index in [0.717, 1.165) is 11.1 Å². The molecule has 0 spiro atoms. The molecule has 29 heavy (non-hydrogen) atoms. The molecule has 4 aromatic rings. The average molecular weight is 397 g/mol. The molecule has 0 N–H and O–H groups in total. The van der Waals surface area contributed by atoms with Gasteiger partial charge in [-0.05, 0) is 36.4 Å². The maximum Gasteiger partial charge on any atom is 0.434 e. The lowest BCUT2D eigenvalue weighted by Gasteiger charge is -2.17. The fraction of sp³-hybridized carbons (Fsp3) is 0.182. The summed E-state index contributed by atoms with van der Waals surface area (Å²) in [6, 6.07) is 15.3. The zero-order valence-electron chi connectivity index (χ0n) is 16.1. The largest absolute Gasteiger partial charge is 0.497 e. The van der Waals surface area contributed by atoms with Crippen molar-refractivity contribution in [3.63, 3.8) is 0 Å². The van der Waals surface area contributed by atoms with Gasteiger partial charge in [-0.15, -0.1) is 0 Å². The SMILES string of the molecule is COc1ccc(-c2nc(C(F)(F)F)c3ccc4c(N(C)C)cccc4c3n2)cc1. The molecule has 0 bridgehead atoms. The fourth-order valence-corrected chi connectivity index (χ4v) is 3.41. The number of hydrogen-bond donors (Lipinski definition) is 0. The minimum Gasteiger partial charge on any atom is -0.497 e. The molecular weight excluding hydrogens is 379 g/mol. The van der Waals surface area contributed by atoms with Gasteiger partial charge in [0.25, 0.3) is 0 Å². The van der Waals surface area contributed by atoms with Gasteiger partial charge in [0, 0.05) is 41.5 Å². The molecule has 3 aromatic carbocycles. The van der Waals surface area contributed by atoms with Crippen molar-refractivity contribution in [2.75, 3.05) is 26.1 Å². The standard InChI is InChI=1S/C22H18F3N3O/c1-28(2)18-6-4-5-16-15(18)11-12-17-19(16)26-21(27-20(17)22(23,24)25)13-7-9-14(29-3)10-8-13/h4-12H,1-3H3. The Kier molecular flexibility index (Phi) is 4.53. The van der Waals surface area contributed by atoms with Crippen molar-refractivity contribution in [3.8, 4) is 17.1 Å². The van der Waals surface area contributed by atoms with Crippen LogP contribution in [0.1, 0.15) is 5.69 Å². The van der Waals surface area contributed by atoms with E-state index >= 15 is 0 Å². The molecule has 0 saturated carbocycles. The molecule has 0 fully saturated rings. The molecule has 1 heterocycles. The van der Waals surface area contributed by atoms with E-state index in [-0.39, 0.29) is 16.7 Å². The van der Waals surface area contributed by atoms with E-state index in [0.29, 0.717) is 16.7 Å². The molecule has 0 radical (unpaired) electrons. The number of fused-ring (bicyclic) bond motifs is 3. The topological polar surface area (TPSA) is 38.2 Å². The van der Waals surface area contributed by atoms with Crippen LogP contribution >= 0.6 is 0 Å². The van der Waals surface area contributed by atoms with E-state index in [4.69, 9.17) is 4.74 Å². The molecule has 1 aromatic heterocycles. The van der Waals surface area contributed by atoms with Gasteiger partial charge in [0.2, 0.25) is 0 Å². The van der Waals surface area contributed by atoms with Crippen molar-refractivity contribution < 1.29 is 17.9 Å². The second kappa shape index (κ2) is 6.92. The summed E-state index contributed by atoms with van der Waals surface area (Å²) in [6.45, 7) is 0. The number of aromatic nitrogens is 2. The maximum atomic E-state index is 13.8. The smallest absolute Gasteiger partial charge is 0.434 e. The summed E-state index contributed by atoms with van der Waals surface area (Å²) < 4.78 is 46.6. The van der Waals surface area contributed by atoms with Gasteiger partial charge in [-0.25, -0.2) is 9.97 Å². The predicted molar refractivity (Wildman–Crippen MR) is 108 cm³/mol. The minimum atomic E-state index is -4.60. The summed E-state index contributed by atoms with van der Waals surface area (Å²) in [5.41, 5.74) is 0.728. The molecule has 0 saturated heterocycles. The van der Waals surface area contributed by atoms with Gasteiger partial charge in [0.05, 0.1) is 12.6 Å². The molecule has 0 amide bonds. The van der Waals surface area contributed by atoms with Crippen LogP contribution in [-0.2, 0) is 6.18 Å². The summed E-state index contributed by atoms with van der Waals surface area (Å²) in [7, 11) is 5.31. The first-order chi connectivity index (χ1) is 13.8. The lowest BCUT2D eigenvalue weighted by molar-refractivity contribution is -0.139. The molecule has 0 atom stereocenters. The van der Waals surface area contributed by atoms with Gasteiger partial charge in [-0.3, -0.25) is 0 Å². The molecule has 4 nitrogen and oxygen atoms in total. The second-order valence-corrected chi connectivity index (χ2v) is 6.85. The first-order valence-corrected chi connectivity index (χ1v) is 8.92. The van der Waals surface area contributed by atoms with Crippen LogP contribution in [-0.4, -0.2) is 31.2 Å². The zero-order valence-corrected chi connectivity index (χ0v) is 16.1. The highest BCUT2D eigenvalue weighted by Gasteiger charge is 2.36. The van der Waals surface area contributed by atoms with Gasteiger partial charge in [0.1, 0.15) is 5.75 Å². The Hall–Kier alpha value is -3.35. The van der Waals surface area contributed by atoms with E-state index in [1.54, 1.807) is 36.4 Å². The van der Waals surface area contributed by atoms with Crippen LogP contribution in [0.25, 0.3) is 33.1 Å². The van der Waals surface area contributed by atoms with E-state index in [1.807, 2.05) is 31.1 Å². The Morgan fingerprint density at radius 2 is 1.52 bits per heavy atom. The van der Waals surface area contributed by atoms with Crippen molar-refractivity contribution in [2.24, 2.45) is 0 Å². The molecule has 0 aliphatic carbocycles. The number of rotatable bonds is 3. The molecule has 4 rings (SSSR count). The van der Waals surface area contributed by atoms with Crippen molar-refractivity contribution in [3.05, 3.63) is 60.3 Å². The highest BCUT2D eigenvalue weighted by atomic mass is 19.4. The number of methoxy groups -OCH3 is 1. The Labute approximate surface area is 165 Å². The normalized spacial score (nSPS) is 11.8. The van der Waals surface area contributed by atoms with Crippen molar-refractivity contribution in [1.82, 2.24) is 9.97 Å². The summed E-state index contributed by atoms with van der Waals surface area (Å²) >= 11 is 0. The number of hydrogen-bond acceptors (Lipinski definition) is 4.